The molecule has 1 N–H and O–H groups in total. The Balaban J connectivity index is 1.68. The summed E-state index contributed by atoms with van der Waals surface area (Å²) < 4.78 is 5.45. The van der Waals surface area contributed by atoms with E-state index in [0.29, 0.717) is 0 Å². The average Bonchev–Trinajstić information content (AvgIpc) is 2.38. The van der Waals surface area contributed by atoms with Gasteiger partial charge in [0, 0.05) is 19.3 Å². The van der Waals surface area contributed by atoms with Crippen molar-refractivity contribution >= 4 is 0 Å². The zero-order valence-corrected chi connectivity index (χ0v) is 11.4. The Bertz CT molecular complexity index is 201. The van der Waals surface area contributed by atoms with E-state index in [9.17, 15) is 0 Å². The van der Waals surface area contributed by atoms with E-state index >= 15 is 0 Å². The molecule has 2 fully saturated rings. The summed E-state index contributed by atoms with van der Waals surface area (Å²) >= 11 is 0. The lowest BCUT2D eigenvalue weighted by atomic mass is 9.78. The molecule has 1 heterocycles. The molecule has 1 saturated carbocycles. The van der Waals surface area contributed by atoms with Gasteiger partial charge in [-0.25, -0.2) is 0 Å². The van der Waals surface area contributed by atoms with Gasteiger partial charge in [-0.2, -0.15) is 0 Å². The summed E-state index contributed by atoms with van der Waals surface area (Å²) in [6, 6.07) is 0.813. The molecule has 17 heavy (non-hydrogen) atoms. The van der Waals surface area contributed by atoms with Gasteiger partial charge < -0.3 is 10.1 Å². The molecule has 0 aromatic heterocycles. The minimum atomic E-state index is 0.813. The highest BCUT2D eigenvalue weighted by Crippen LogP contribution is 2.32. The van der Waals surface area contributed by atoms with Crippen LogP contribution in [0.5, 0.6) is 0 Å². The highest BCUT2D eigenvalue weighted by molar-refractivity contribution is 4.80. The fourth-order valence-electron chi connectivity index (χ4n) is 3.49. The van der Waals surface area contributed by atoms with Crippen LogP contribution in [0.1, 0.15) is 58.3 Å². The SMILES string of the molecule is CCCNC1CCCC(CC2CCOCC2)C1. The fourth-order valence-corrected chi connectivity index (χ4v) is 3.49. The Labute approximate surface area is 107 Å². The van der Waals surface area contributed by atoms with E-state index in [2.05, 4.69) is 12.2 Å². The van der Waals surface area contributed by atoms with Crippen LogP contribution in [0.4, 0.5) is 0 Å². The van der Waals surface area contributed by atoms with E-state index < -0.39 is 0 Å². The summed E-state index contributed by atoms with van der Waals surface area (Å²) in [5.74, 6) is 1.94. The highest BCUT2D eigenvalue weighted by atomic mass is 16.5. The van der Waals surface area contributed by atoms with Crippen LogP contribution in [0.25, 0.3) is 0 Å². The lowest BCUT2D eigenvalue weighted by Crippen LogP contribution is -2.35. The molecule has 0 bridgehead atoms. The lowest BCUT2D eigenvalue weighted by molar-refractivity contribution is 0.0552. The van der Waals surface area contributed by atoms with Crippen LogP contribution in [-0.4, -0.2) is 25.8 Å². The Kier molecular flexibility index (Phi) is 5.79. The summed E-state index contributed by atoms with van der Waals surface area (Å²) in [4.78, 5) is 0. The largest absolute Gasteiger partial charge is 0.381 e. The van der Waals surface area contributed by atoms with Crippen molar-refractivity contribution < 1.29 is 4.74 Å². The van der Waals surface area contributed by atoms with Crippen molar-refractivity contribution in [2.75, 3.05) is 19.8 Å². The average molecular weight is 239 g/mol. The highest BCUT2D eigenvalue weighted by Gasteiger charge is 2.25. The normalized spacial score (nSPS) is 31.6. The summed E-state index contributed by atoms with van der Waals surface area (Å²) in [7, 11) is 0. The molecule has 2 atom stereocenters. The van der Waals surface area contributed by atoms with Crippen LogP contribution >= 0.6 is 0 Å². The monoisotopic (exact) mass is 239 g/mol. The Morgan fingerprint density at radius 2 is 1.88 bits per heavy atom. The van der Waals surface area contributed by atoms with Crippen molar-refractivity contribution in [2.24, 2.45) is 11.8 Å². The van der Waals surface area contributed by atoms with Gasteiger partial charge in [-0.3, -0.25) is 0 Å². The quantitative estimate of drug-likeness (QED) is 0.794. The van der Waals surface area contributed by atoms with Crippen molar-refractivity contribution in [3.63, 3.8) is 0 Å². The molecular weight excluding hydrogens is 210 g/mol. The van der Waals surface area contributed by atoms with Gasteiger partial charge in [0.05, 0.1) is 0 Å². The smallest absolute Gasteiger partial charge is 0.0468 e. The van der Waals surface area contributed by atoms with Gasteiger partial charge >= 0.3 is 0 Å². The van der Waals surface area contributed by atoms with Crippen LogP contribution in [0, 0.1) is 11.8 Å². The molecule has 2 nitrogen and oxygen atoms in total. The second kappa shape index (κ2) is 7.38. The first-order valence-corrected chi connectivity index (χ1v) is 7.69. The van der Waals surface area contributed by atoms with Crippen LogP contribution in [0.3, 0.4) is 0 Å². The minimum Gasteiger partial charge on any atom is -0.381 e. The molecule has 1 aliphatic heterocycles. The first-order chi connectivity index (χ1) is 8.38. The number of hydrogen-bond donors (Lipinski definition) is 1. The molecule has 2 heteroatoms. The second-order valence-corrected chi connectivity index (χ2v) is 5.98. The molecule has 100 valence electrons. The maximum absolute atomic E-state index is 5.45. The van der Waals surface area contributed by atoms with E-state index in [1.807, 2.05) is 0 Å². The molecule has 0 spiro atoms. The zero-order chi connectivity index (χ0) is 11.9. The molecule has 0 aromatic rings. The van der Waals surface area contributed by atoms with Crippen molar-refractivity contribution in [3.05, 3.63) is 0 Å². The van der Waals surface area contributed by atoms with Gasteiger partial charge in [-0.1, -0.05) is 19.8 Å². The van der Waals surface area contributed by atoms with Crippen LogP contribution in [0.15, 0.2) is 0 Å². The second-order valence-electron chi connectivity index (χ2n) is 5.98. The van der Waals surface area contributed by atoms with Crippen LogP contribution in [0.2, 0.25) is 0 Å². The minimum absolute atomic E-state index is 0.813. The van der Waals surface area contributed by atoms with E-state index in [0.717, 1.165) is 31.1 Å². The molecule has 0 aromatic carbocycles. The number of rotatable bonds is 5. The molecule has 1 aliphatic carbocycles. The third-order valence-electron chi connectivity index (χ3n) is 4.47. The summed E-state index contributed by atoms with van der Waals surface area (Å²) in [6.07, 6.45) is 11.1. The maximum atomic E-state index is 5.45. The number of ether oxygens (including phenoxy) is 1. The summed E-state index contributed by atoms with van der Waals surface area (Å²) in [6.45, 7) is 5.48. The van der Waals surface area contributed by atoms with E-state index in [-0.39, 0.29) is 0 Å². The maximum Gasteiger partial charge on any atom is 0.0468 e. The molecular formula is C15H29NO. The van der Waals surface area contributed by atoms with Crippen molar-refractivity contribution in [2.45, 2.75) is 64.3 Å². The van der Waals surface area contributed by atoms with Gasteiger partial charge in [-0.05, 0) is 56.9 Å². The predicted octanol–water partition coefficient (Wildman–Crippen LogP) is 3.36. The summed E-state index contributed by atoms with van der Waals surface area (Å²) in [5.41, 5.74) is 0. The molecule has 2 aliphatic rings. The van der Waals surface area contributed by atoms with Crippen LogP contribution in [-0.2, 0) is 4.74 Å². The number of hydrogen-bond acceptors (Lipinski definition) is 2. The summed E-state index contributed by atoms with van der Waals surface area (Å²) in [5, 5.41) is 3.71. The third-order valence-corrected chi connectivity index (χ3v) is 4.47. The van der Waals surface area contributed by atoms with Crippen molar-refractivity contribution in [1.82, 2.24) is 5.32 Å². The van der Waals surface area contributed by atoms with E-state index in [4.69, 9.17) is 4.74 Å². The fraction of sp³-hybridized carbons (Fsp3) is 1.00. The van der Waals surface area contributed by atoms with Crippen LogP contribution < -0.4 is 5.32 Å². The van der Waals surface area contributed by atoms with E-state index in [1.165, 1.54) is 57.9 Å². The Morgan fingerprint density at radius 1 is 1.06 bits per heavy atom. The van der Waals surface area contributed by atoms with Gasteiger partial charge in [0.2, 0.25) is 0 Å². The number of nitrogens with one attached hydrogen (secondary N) is 1. The van der Waals surface area contributed by atoms with E-state index in [1.54, 1.807) is 0 Å². The predicted molar refractivity (Wildman–Crippen MR) is 72.2 cm³/mol. The standard InChI is InChI=1S/C15H29NO/c1-2-8-16-15-5-3-4-14(12-15)11-13-6-9-17-10-7-13/h13-16H,2-12H2,1H3. The molecule has 0 radical (unpaired) electrons. The zero-order valence-electron chi connectivity index (χ0n) is 11.4. The third kappa shape index (κ3) is 4.59. The molecule has 2 unspecified atom stereocenters. The van der Waals surface area contributed by atoms with Gasteiger partial charge in [0.25, 0.3) is 0 Å². The molecule has 1 saturated heterocycles. The van der Waals surface area contributed by atoms with Gasteiger partial charge in [0.1, 0.15) is 0 Å². The first kappa shape index (κ1) is 13.4. The lowest BCUT2D eigenvalue weighted by Gasteiger charge is -2.33. The topological polar surface area (TPSA) is 21.3 Å². The van der Waals surface area contributed by atoms with Gasteiger partial charge in [0.15, 0.2) is 0 Å². The Morgan fingerprint density at radius 3 is 2.65 bits per heavy atom. The van der Waals surface area contributed by atoms with Crippen molar-refractivity contribution in [3.8, 4) is 0 Å². The molecule has 2 rings (SSSR count). The molecule has 0 amide bonds. The Hall–Kier alpha value is -0.0800. The van der Waals surface area contributed by atoms with Gasteiger partial charge in [-0.15, -0.1) is 0 Å². The van der Waals surface area contributed by atoms with Crippen molar-refractivity contribution in [1.29, 1.82) is 0 Å². The first-order valence-electron chi connectivity index (χ1n) is 7.69.